The Morgan fingerprint density at radius 1 is 1.19 bits per heavy atom. The SMILES string of the molecule is COc1ccc(C)cc1C1Cc2cccc(C(C)C)c2N1. The second-order valence-corrected chi connectivity index (χ2v) is 6.18. The number of hydrogen-bond donors (Lipinski definition) is 1. The summed E-state index contributed by atoms with van der Waals surface area (Å²) in [6.45, 7) is 6.63. The molecule has 1 atom stereocenters. The topological polar surface area (TPSA) is 21.3 Å². The van der Waals surface area contributed by atoms with E-state index >= 15 is 0 Å². The van der Waals surface area contributed by atoms with E-state index in [4.69, 9.17) is 4.74 Å². The summed E-state index contributed by atoms with van der Waals surface area (Å²) >= 11 is 0. The number of ether oxygens (including phenoxy) is 1. The van der Waals surface area contributed by atoms with E-state index in [1.165, 1.54) is 27.9 Å². The van der Waals surface area contributed by atoms with Gasteiger partial charge in [-0.25, -0.2) is 0 Å². The van der Waals surface area contributed by atoms with Crippen LogP contribution >= 0.6 is 0 Å². The van der Waals surface area contributed by atoms with Crippen LogP contribution in [0.5, 0.6) is 5.75 Å². The van der Waals surface area contributed by atoms with Gasteiger partial charge in [0.1, 0.15) is 5.75 Å². The normalized spacial score (nSPS) is 16.7. The first-order valence-electron chi connectivity index (χ1n) is 7.63. The maximum absolute atomic E-state index is 5.55. The Kier molecular flexibility index (Phi) is 3.62. The highest BCUT2D eigenvalue weighted by atomic mass is 16.5. The number of anilines is 1. The van der Waals surface area contributed by atoms with Gasteiger partial charge in [-0.15, -0.1) is 0 Å². The van der Waals surface area contributed by atoms with Crippen LogP contribution in [-0.2, 0) is 6.42 Å². The van der Waals surface area contributed by atoms with E-state index in [1.807, 2.05) is 0 Å². The Balaban J connectivity index is 1.98. The van der Waals surface area contributed by atoms with Gasteiger partial charge in [-0.2, -0.15) is 0 Å². The fourth-order valence-corrected chi connectivity index (χ4v) is 3.21. The molecular formula is C19H23NO. The highest BCUT2D eigenvalue weighted by molar-refractivity contribution is 5.65. The molecule has 0 saturated heterocycles. The molecule has 2 aromatic rings. The average molecular weight is 281 g/mol. The molecule has 0 amide bonds. The Hall–Kier alpha value is -1.96. The molecule has 2 heteroatoms. The van der Waals surface area contributed by atoms with Crippen LogP contribution in [-0.4, -0.2) is 7.11 Å². The van der Waals surface area contributed by atoms with E-state index in [1.54, 1.807) is 7.11 Å². The van der Waals surface area contributed by atoms with Crippen molar-refractivity contribution in [3.05, 3.63) is 58.7 Å². The fraction of sp³-hybridized carbons (Fsp3) is 0.368. The predicted octanol–water partition coefficient (Wildman–Crippen LogP) is 4.84. The van der Waals surface area contributed by atoms with E-state index in [0.717, 1.165) is 12.2 Å². The number of aryl methyl sites for hydroxylation is 1. The van der Waals surface area contributed by atoms with Crippen LogP contribution < -0.4 is 10.1 Å². The molecule has 0 radical (unpaired) electrons. The van der Waals surface area contributed by atoms with Gasteiger partial charge in [-0.1, -0.05) is 49.7 Å². The minimum absolute atomic E-state index is 0.301. The van der Waals surface area contributed by atoms with Crippen LogP contribution in [0.4, 0.5) is 5.69 Å². The Morgan fingerprint density at radius 2 is 2.00 bits per heavy atom. The zero-order chi connectivity index (χ0) is 15.0. The van der Waals surface area contributed by atoms with Crippen molar-refractivity contribution in [2.45, 2.75) is 39.2 Å². The summed E-state index contributed by atoms with van der Waals surface area (Å²) in [6, 6.07) is 13.3. The van der Waals surface area contributed by atoms with Crippen LogP contribution in [0.3, 0.4) is 0 Å². The maximum Gasteiger partial charge on any atom is 0.124 e. The van der Waals surface area contributed by atoms with Crippen molar-refractivity contribution < 1.29 is 4.74 Å². The molecule has 0 spiro atoms. The Labute approximate surface area is 127 Å². The number of methoxy groups -OCH3 is 1. The highest BCUT2D eigenvalue weighted by Gasteiger charge is 2.26. The Morgan fingerprint density at radius 3 is 2.71 bits per heavy atom. The lowest BCUT2D eigenvalue weighted by atomic mass is 9.97. The molecule has 1 heterocycles. The number of fused-ring (bicyclic) bond motifs is 1. The third kappa shape index (κ3) is 2.51. The van der Waals surface area contributed by atoms with Gasteiger partial charge in [0, 0.05) is 11.3 Å². The second-order valence-electron chi connectivity index (χ2n) is 6.18. The molecule has 1 aliphatic rings. The number of nitrogens with one attached hydrogen (secondary N) is 1. The minimum Gasteiger partial charge on any atom is -0.496 e. The van der Waals surface area contributed by atoms with E-state index in [-0.39, 0.29) is 0 Å². The molecule has 2 aromatic carbocycles. The second kappa shape index (κ2) is 5.44. The smallest absolute Gasteiger partial charge is 0.124 e. The van der Waals surface area contributed by atoms with Gasteiger partial charge >= 0.3 is 0 Å². The summed E-state index contributed by atoms with van der Waals surface area (Å²) < 4.78 is 5.55. The quantitative estimate of drug-likeness (QED) is 0.869. The summed E-state index contributed by atoms with van der Waals surface area (Å²) in [5.74, 6) is 1.50. The molecule has 21 heavy (non-hydrogen) atoms. The lowest BCUT2D eigenvalue weighted by Crippen LogP contribution is -2.08. The van der Waals surface area contributed by atoms with E-state index in [0.29, 0.717) is 12.0 Å². The van der Waals surface area contributed by atoms with E-state index < -0.39 is 0 Å². The van der Waals surface area contributed by atoms with Crippen LogP contribution in [0.2, 0.25) is 0 Å². The van der Waals surface area contributed by atoms with Crippen LogP contribution in [0.1, 0.15) is 48.1 Å². The van der Waals surface area contributed by atoms with Crippen molar-refractivity contribution in [2.24, 2.45) is 0 Å². The molecule has 0 aliphatic carbocycles. The average Bonchev–Trinajstić information content (AvgIpc) is 2.90. The third-order valence-corrected chi connectivity index (χ3v) is 4.31. The zero-order valence-electron chi connectivity index (χ0n) is 13.2. The maximum atomic E-state index is 5.55. The van der Waals surface area contributed by atoms with Crippen molar-refractivity contribution >= 4 is 5.69 Å². The van der Waals surface area contributed by atoms with Gasteiger partial charge in [0.05, 0.1) is 13.2 Å². The van der Waals surface area contributed by atoms with Crippen LogP contribution in [0.15, 0.2) is 36.4 Å². The van der Waals surface area contributed by atoms with E-state index in [9.17, 15) is 0 Å². The molecule has 1 aliphatic heterocycles. The van der Waals surface area contributed by atoms with Crippen molar-refractivity contribution in [1.82, 2.24) is 0 Å². The highest BCUT2D eigenvalue weighted by Crippen LogP contribution is 2.41. The van der Waals surface area contributed by atoms with E-state index in [2.05, 4.69) is 62.5 Å². The van der Waals surface area contributed by atoms with Gasteiger partial charge in [0.15, 0.2) is 0 Å². The summed E-state index contributed by atoms with van der Waals surface area (Å²) in [5.41, 5.74) is 6.66. The van der Waals surface area contributed by atoms with Gasteiger partial charge in [0.2, 0.25) is 0 Å². The Bertz CT molecular complexity index is 661. The fourth-order valence-electron chi connectivity index (χ4n) is 3.21. The number of para-hydroxylation sites is 1. The van der Waals surface area contributed by atoms with Gasteiger partial charge in [0.25, 0.3) is 0 Å². The molecule has 2 nitrogen and oxygen atoms in total. The van der Waals surface area contributed by atoms with Gasteiger partial charge in [-0.05, 0) is 36.5 Å². The molecule has 1 unspecified atom stereocenters. The molecule has 110 valence electrons. The molecule has 1 N–H and O–H groups in total. The third-order valence-electron chi connectivity index (χ3n) is 4.31. The number of hydrogen-bond acceptors (Lipinski definition) is 2. The summed E-state index contributed by atoms with van der Waals surface area (Å²) in [4.78, 5) is 0. The van der Waals surface area contributed by atoms with Gasteiger partial charge in [-0.3, -0.25) is 0 Å². The largest absolute Gasteiger partial charge is 0.496 e. The molecule has 0 fully saturated rings. The molecule has 0 bridgehead atoms. The van der Waals surface area contributed by atoms with Crippen molar-refractivity contribution in [3.63, 3.8) is 0 Å². The summed E-state index contributed by atoms with van der Waals surface area (Å²) in [6.07, 6.45) is 1.02. The van der Waals surface area contributed by atoms with Gasteiger partial charge < -0.3 is 10.1 Å². The lowest BCUT2D eigenvalue weighted by molar-refractivity contribution is 0.407. The molecule has 0 aromatic heterocycles. The number of rotatable bonds is 3. The standard InChI is InChI=1S/C19H23NO/c1-12(2)15-7-5-6-14-11-17(20-19(14)15)16-10-13(3)8-9-18(16)21-4/h5-10,12,17,20H,11H2,1-4H3. The lowest BCUT2D eigenvalue weighted by Gasteiger charge is -2.18. The van der Waals surface area contributed by atoms with Crippen LogP contribution in [0, 0.1) is 6.92 Å². The molecule has 0 saturated carbocycles. The first-order valence-corrected chi connectivity index (χ1v) is 7.63. The van der Waals surface area contributed by atoms with Crippen molar-refractivity contribution in [1.29, 1.82) is 0 Å². The minimum atomic E-state index is 0.301. The summed E-state index contributed by atoms with van der Waals surface area (Å²) in [7, 11) is 1.75. The molecular weight excluding hydrogens is 258 g/mol. The number of benzene rings is 2. The van der Waals surface area contributed by atoms with Crippen molar-refractivity contribution in [3.8, 4) is 5.75 Å². The first kappa shape index (κ1) is 14.0. The zero-order valence-corrected chi connectivity index (χ0v) is 13.2. The monoisotopic (exact) mass is 281 g/mol. The first-order chi connectivity index (χ1) is 10.1. The predicted molar refractivity (Wildman–Crippen MR) is 88.3 cm³/mol. The van der Waals surface area contributed by atoms with Crippen LogP contribution in [0.25, 0.3) is 0 Å². The van der Waals surface area contributed by atoms with Crippen molar-refractivity contribution in [2.75, 3.05) is 12.4 Å². The molecule has 3 rings (SSSR count). The summed E-state index contributed by atoms with van der Waals surface area (Å²) in [5, 5.41) is 3.72.